The Morgan fingerprint density at radius 3 is 2.89 bits per heavy atom. The predicted molar refractivity (Wildman–Crippen MR) is 73.4 cm³/mol. The minimum atomic E-state index is -0.151. The zero-order valence-electron chi connectivity index (χ0n) is 11.4. The number of benzene rings is 1. The van der Waals surface area contributed by atoms with Crippen LogP contribution in [0.15, 0.2) is 24.3 Å². The maximum Gasteiger partial charge on any atom is 0.227 e. The number of nitrogens with zero attached hydrogens (tertiary/aromatic N) is 1. The summed E-state index contributed by atoms with van der Waals surface area (Å²) in [5.74, 6) is 0.971. The molecule has 1 aliphatic rings. The van der Waals surface area contributed by atoms with Gasteiger partial charge in [0.1, 0.15) is 17.6 Å². The lowest BCUT2D eigenvalue weighted by atomic mass is 10.2. The number of carbonyl (C=O) groups excluding carboxylic acids is 2. The van der Waals surface area contributed by atoms with Crippen molar-refractivity contribution >= 4 is 17.4 Å². The molecule has 1 heterocycles. The summed E-state index contributed by atoms with van der Waals surface area (Å²) < 4.78 is 5.70. The smallest absolute Gasteiger partial charge is 0.227 e. The molecule has 2 rings (SSSR count). The molecule has 1 aliphatic heterocycles. The second-order valence-electron chi connectivity index (χ2n) is 4.98. The van der Waals surface area contributed by atoms with Gasteiger partial charge in [-0.05, 0) is 32.4 Å². The second-order valence-corrected chi connectivity index (χ2v) is 4.98. The molecule has 1 unspecified atom stereocenters. The molecule has 1 aromatic carbocycles. The molecular formula is C15H19NO3. The van der Waals surface area contributed by atoms with Gasteiger partial charge in [-0.25, -0.2) is 0 Å². The summed E-state index contributed by atoms with van der Waals surface area (Å²) in [5.41, 5.74) is 0.870. The molecule has 0 aliphatic carbocycles. The van der Waals surface area contributed by atoms with Crippen LogP contribution >= 0.6 is 0 Å². The molecule has 0 saturated carbocycles. The number of carbonyl (C=O) groups is 2. The predicted octanol–water partition coefficient (Wildman–Crippen LogP) is 2.56. The van der Waals surface area contributed by atoms with Gasteiger partial charge in [0.25, 0.3) is 0 Å². The van der Waals surface area contributed by atoms with Gasteiger partial charge in [0.05, 0.1) is 0 Å². The third-order valence-corrected chi connectivity index (χ3v) is 3.11. The highest BCUT2D eigenvalue weighted by Gasteiger charge is 2.21. The van der Waals surface area contributed by atoms with Crippen molar-refractivity contribution in [1.29, 1.82) is 0 Å². The van der Waals surface area contributed by atoms with Crippen LogP contribution in [0.1, 0.15) is 33.1 Å². The Hall–Kier alpha value is -1.84. The van der Waals surface area contributed by atoms with E-state index in [-0.39, 0.29) is 17.8 Å². The van der Waals surface area contributed by atoms with Gasteiger partial charge in [0.15, 0.2) is 0 Å². The van der Waals surface area contributed by atoms with E-state index in [9.17, 15) is 9.59 Å². The molecule has 1 amide bonds. The first kappa shape index (κ1) is 13.6. The van der Waals surface area contributed by atoms with Crippen molar-refractivity contribution < 1.29 is 14.3 Å². The topological polar surface area (TPSA) is 46.6 Å². The van der Waals surface area contributed by atoms with Crippen molar-refractivity contribution in [2.75, 3.05) is 11.4 Å². The Balaban J connectivity index is 2.06. The fourth-order valence-electron chi connectivity index (χ4n) is 2.32. The van der Waals surface area contributed by atoms with E-state index >= 15 is 0 Å². The average molecular weight is 261 g/mol. The Labute approximate surface area is 113 Å². The highest BCUT2D eigenvalue weighted by Crippen LogP contribution is 2.26. The standard InChI is InChI=1S/C15H19NO3/c1-11(17)9-12(2)19-14-6-3-5-13(10-14)16-8-4-7-15(16)18/h3,5-6,10,12H,4,7-9H2,1-2H3. The van der Waals surface area contributed by atoms with E-state index in [1.54, 1.807) is 11.8 Å². The van der Waals surface area contributed by atoms with Crippen molar-refractivity contribution in [2.45, 2.75) is 39.2 Å². The molecule has 1 aromatic rings. The molecule has 4 nitrogen and oxygen atoms in total. The zero-order valence-corrected chi connectivity index (χ0v) is 11.4. The molecule has 0 bridgehead atoms. The van der Waals surface area contributed by atoms with Gasteiger partial charge in [0.2, 0.25) is 5.91 Å². The van der Waals surface area contributed by atoms with Gasteiger partial charge in [-0.15, -0.1) is 0 Å². The number of hydrogen-bond acceptors (Lipinski definition) is 3. The fraction of sp³-hybridized carbons (Fsp3) is 0.467. The molecule has 4 heteroatoms. The number of rotatable bonds is 5. The average Bonchev–Trinajstić information content (AvgIpc) is 2.74. The minimum absolute atomic E-state index is 0.110. The molecule has 1 atom stereocenters. The Morgan fingerprint density at radius 1 is 1.47 bits per heavy atom. The first-order chi connectivity index (χ1) is 9.06. The van der Waals surface area contributed by atoms with Crippen molar-refractivity contribution in [3.63, 3.8) is 0 Å². The first-order valence-electron chi connectivity index (χ1n) is 6.63. The monoisotopic (exact) mass is 261 g/mol. The lowest BCUT2D eigenvalue weighted by Crippen LogP contribution is -2.23. The van der Waals surface area contributed by atoms with E-state index in [1.165, 1.54) is 0 Å². The summed E-state index contributed by atoms with van der Waals surface area (Å²) >= 11 is 0. The molecule has 0 N–H and O–H groups in total. The third kappa shape index (κ3) is 3.56. The Bertz CT molecular complexity index is 484. The van der Waals surface area contributed by atoms with Gasteiger partial charge in [-0.1, -0.05) is 6.07 Å². The second kappa shape index (κ2) is 5.87. The molecule has 0 spiro atoms. The number of amides is 1. The summed E-state index contributed by atoms with van der Waals surface area (Å²) in [6, 6.07) is 7.49. The summed E-state index contributed by atoms with van der Waals surface area (Å²) in [5, 5.41) is 0. The van der Waals surface area contributed by atoms with E-state index in [0.717, 1.165) is 18.7 Å². The highest BCUT2D eigenvalue weighted by atomic mass is 16.5. The number of ether oxygens (including phenoxy) is 1. The fourth-order valence-corrected chi connectivity index (χ4v) is 2.32. The quantitative estimate of drug-likeness (QED) is 0.818. The van der Waals surface area contributed by atoms with Crippen LogP contribution in [0.3, 0.4) is 0 Å². The Morgan fingerprint density at radius 2 is 2.26 bits per heavy atom. The van der Waals surface area contributed by atoms with Crippen LogP contribution in [0.2, 0.25) is 0 Å². The van der Waals surface area contributed by atoms with E-state index in [0.29, 0.717) is 18.6 Å². The van der Waals surface area contributed by atoms with Crippen molar-refractivity contribution in [2.24, 2.45) is 0 Å². The SMILES string of the molecule is CC(=O)CC(C)Oc1cccc(N2CCCC2=O)c1. The van der Waals surface area contributed by atoms with Crippen LogP contribution in [-0.4, -0.2) is 24.3 Å². The van der Waals surface area contributed by atoms with Crippen LogP contribution in [0.5, 0.6) is 5.75 Å². The molecule has 1 saturated heterocycles. The van der Waals surface area contributed by atoms with Crippen LogP contribution in [0.25, 0.3) is 0 Å². The van der Waals surface area contributed by atoms with Gasteiger partial charge in [-0.2, -0.15) is 0 Å². The first-order valence-corrected chi connectivity index (χ1v) is 6.63. The summed E-state index contributed by atoms with van der Waals surface area (Å²) in [6.45, 7) is 4.19. The van der Waals surface area contributed by atoms with E-state index in [2.05, 4.69) is 0 Å². The Kier molecular flexibility index (Phi) is 4.20. The molecule has 0 aromatic heterocycles. The number of Topliss-reactive ketones (excluding diaryl/α,β-unsaturated/α-hetero) is 1. The molecule has 0 radical (unpaired) electrons. The van der Waals surface area contributed by atoms with Crippen molar-refractivity contribution in [1.82, 2.24) is 0 Å². The molecule has 102 valence electrons. The zero-order chi connectivity index (χ0) is 13.8. The molecule has 1 fully saturated rings. The van der Waals surface area contributed by atoms with Crippen LogP contribution in [-0.2, 0) is 9.59 Å². The number of ketones is 1. The number of hydrogen-bond donors (Lipinski definition) is 0. The van der Waals surface area contributed by atoms with Crippen molar-refractivity contribution in [3.05, 3.63) is 24.3 Å². The maximum atomic E-state index is 11.7. The lowest BCUT2D eigenvalue weighted by Gasteiger charge is -2.18. The van der Waals surface area contributed by atoms with Crippen LogP contribution < -0.4 is 9.64 Å². The number of anilines is 1. The van der Waals surface area contributed by atoms with E-state index < -0.39 is 0 Å². The van der Waals surface area contributed by atoms with Gasteiger partial charge >= 0.3 is 0 Å². The summed E-state index contributed by atoms with van der Waals surface area (Å²) in [4.78, 5) is 24.5. The van der Waals surface area contributed by atoms with E-state index in [4.69, 9.17) is 4.74 Å². The molecular weight excluding hydrogens is 242 g/mol. The summed E-state index contributed by atoms with van der Waals surface area (Å²) in [6.07, 6.45) is 1.77. The van der Waals surface area contributed by atoms with Gasteiger partial charge < -0.3 is 9.64 Å². The molecule has 19 heavy (non-hydrogen) atoms. The largest absolute Gasteiger partial charge is 0.490 e. The third-order valence-electron chi connectivity index (χ3n) is 3.11. The highest BCUT2D eigenvalue weighted by molar-refractivity contribution is 5.95. The van der Waals surface area contributed by atoms with Crippen molar-refractivity contribution in [3.8, 4) is 5.75 Å². The van der Waals surface area contributed by atoms with Gasteiger partial charge in [0, 0.05) is 31.1 Å². The van der Waals surface area contributed by atoms with Gasteiger partial charge in [-0.3, -0.25) is 9.59 Å². The van der Waals surface area contributed by atoms with Crippen LogP contribution in [0, 0.1) is 0 Å². The lowest BCUT2D eigenvalue weighted by molar-refractivity contribution is -0.118. The van der Waals surface area contributed by atoms with Crippen LogP contribution in [0.4, 0.5) is 5.69 Å². The maximum absolute atomic E-state index is 11.7. The summed E-state index contributed by atoms with van der Waals surface area (Å²) in [7, 11) is 0. The normalized spacial score (nSPS) is 16.5. The van der Waals surface area contributed by atoms with E-state index in [1.807, 2.05) is 31.2 Å². The minimum Gasteiger partial charge on any atom is -0.490 e.